The quantitative estimate of drug-likeness (QED) is 0.834. The molecular weight excluding hydrogens is 258 g/mol. The number of oxazole rings is 1. The van der Waals surface area contributed by atoms with E-state index in [1.54, 1.807) is 6.20 Å². The Morgan fingerprint density at radius 3 is 2.68 bits per heavy atom. The lowest BCUT2D eigenvalue weighted by molar-refractivity contribution is 0.351. The third kappa shape index (κ3) is 2.93. The van der Waals surface area contributed by atoms with Crippen LogP contribution in [0, 0.1) is 0 Å². The van der Waals surface area contributed by atoms with Crippen LogP contribution in [0.5, 0.6) is 0 Å². The van der Waals surface area contributed by atoms with Crippen LogP contribution in [0.3, 0.4) is 0 Å². The minimum Gasteiger partial charge on any atom is -0.428 e. The van der Waals surface area contributed by atoms with Gasteiger partial charge in [0, 0.05) is 11.6 Å². The summed E-state index contributed by atoms with van der Waals surface area (Å²) < 4.78 is 5.65. The van der Waals surface area contributed by atoms with Crippen LogP contribution in [-0.4, -0.2) is 10.1 Å². The summed E-state index contributed by atoms with van der Waals surface area (Å²) in [5.74, 6) is 1.50. The lowest BCUT2D eigenvalue weighted by atomic mass is 9.84. The fourth-order valence-electron chi connectivity index (χ4n) is 2.01. The number of thiocarbonyl (C=S) groups is 1. The van der Waals surface area contributed by atoms with E-state index in [9.17, 15) is 0 Å². The maximum Gasteiger partial charge on any atom is 0.301 e. The predicted octanol–water partition coefficient (Wildman–Crippen LogP) is 3.75. The monoisotopic (exact) mass is 273 g/mol. The summed E-state index contributed by atoms with van der Waals surface area (Å²) in [7, 11) is 0. The Balaban J connectivity index is 1.58. The molecule has 1 aliphatic rings. The van der Waals surface area contributed by atoms with Crippen LogP contribution in [0.4, 0.5) is 11.7 Å². The molecule has 1 aromatic carbocycles. The smallest absolute Gasteiger partial charge is 0.301 e. The number of aromatic nitrogens is 1. The molecule has 98 valence electrons. The number of rotatable bonds is 3. The highest BCUT2D eigenvalue weighted by atomic mass is 32.1. The number of hydrogen-bond acceptors (Lipinski definition) is 3. The molecule has 19 heavy (non-hydrogen) atoms. The van der Waals surface area contributed by atoms with Crippen LogP contribution in [0.2, 0.25) is 0 Å². The van der Waals surface area contributed by atoms with Gasteiger partial charge in [-0.25, -0.2) is 4.98 Å². The van der Waals surface area contributed by atoms with Crippen LogP contribution in [-0.2, 0) is 0 Å². The number of nitrogens with one attached hydrogen (secondary N) is 2. The average Bonchev–Trinajstić information content (AvgIpc) is 2.76. The van der Waals surface area contributed by atoms with E-state index in [0.717, 1.165) is 11.4 Å². The van der Waals surface area contributed by atoms with Crippen molar-refractivity contribution in [2.24, 2.45) is 0 Å². The molecule has 4 nitrogen and oxygen atoms in total. The van der Waals surface area contributed by atoms with Crippen molar-refractivity contribution in [3.05, 3.63) is 42.3 Å². The molecule has 1 fully saturated rings. The number of para-hydroxylation sites is 1. The van der Waals surface area contributed by atoms with Crippen LogP contribution >= 0.6 is 12.2 Å². The van der Waals surface area contributed by atoms with Gasteiger partial charge in [0.25, 0.3) is 0 Å². The van der Waals surface area contributed by atoms with Crippen molar-refractivity contribution in [2.45, 2.75) is 25.2 Å². The highest BCUT2D eigenvalue weighted by Crippen LogP contribution is 2.37. The zero-order valence-electron chi connectivity index (χ0n) is 10.4. The molecule has 0 aliphatic heterocycles. The van der Waals surface area contributed by atoms with Gasteiger partial charge in [0.15, 0.2) is 5.11 Å². The van der Waals surface area contributed by atoms with Gasteiger partial charge in [-0.15, -0.1) is 0 Å². The first-order valence-electron chi connectivity index (χ1n) is 6.40. The number of benzene rings is 1. The number of anilines is 2. The van der Waals surface area contributed by atoms with Crippen molar-refractivity contribution in [1.82, 2.24) is 4.98 Å². The molecule has 1 aromatic heterocycles. The molecule has 0 unspecified atom stereocenters. The largest absolute Gasteiger partial charge is 0.428 e. The molecule has 0 radical (unpaired) electrons. The Morgan fingerprint density at radius 1 is 1.21 bits per heavy atom. The van der Waals surface area contributed by atoms with Crippen molar-refractivity contribution in [1.29, 1.82) is 0 Å². The lowest BCUT2D eigenvalue weighted by Gasteiger charge is -2.22. The van der Waals surface area contributed by atoms with Gasteiger partial charge in [-0.3, -0.25) is 5.32 Å². The first kappa shape index (κ1) is 12.2. The van der Waals surface area contributed by atoms with Crippen LogP contribution in [0.15, 0.2) is 40.9 Å². The van der Waals surface area contributed by atoms with E-state index in [1.165, 1.54) is 19.3 Å². The maximum atomic E-state index is 5.65. The summed E-state index contributed by atoms with van der Waals surface area (Å²) in [5, 5.41) is 6.51. The van der Waals surface area contributed by atoms with Crippen LogP contribution < -0.4 is 10.6 Å². The summed E-state index contributed by atoms with van der Waals surface area (Å²) in [6.07, 6.45) is 5.46. The Bertz CT molecular complexity index is 563. The third-order valence-electron chi connectivity index (χ3n) is 3.28. The third-order valence-corrected chi connectivity index (χ3v) is 3.49. The van der Waals surface area contributed by atoms with Gasteiger partial charge in [0.2, 0.25) is 0 Å². The second kappa shape index (κ2) is 5.40. The summed E-state index contributed by atoms with van der Waals surface area (Å²) >= 11 is 5.21. The fourth-order valence-corrected chi connectivity index (χ4v) is 2.21. The number of nitrogens with zero attached hydrogens (tertiary/aromatic N) is 1. The van der Waals surface area contributed by atoms with Crippen molar-refractivity contribution < 1.29 is 4.42 Å². The van der Waals surface area contributed by atoms with E-state index in [2.05, 4.69) is 15.6 Å². The Morgan fingerprint density at radius 2 is 2.00 bits per heavy atom. The van der Waals surface area contributed by atoms with Crippen molar-refractivity contribution in [3.63, 3.8) is 0 Å². The molecule has 0 saturated heterocycles. The second-order valence-corrected chi connectivity index (χ2v) is 5.05. The van der Waals surface area contributed by atoms with E-state index >= 15 is 0 Å². The van der Waals surface area contributed by atoms with Crippen molar-refractivity contribution in [3.8, 4) is 0 Å². The van der Waals surface area contributed by atoms with Gasteiger partial charge in [0.05, 0.1) is 6.20 Å². The molecular formula is C14H15N3OS. The van der Waals surface area contributed by atoms with Gasteiger partial charge in [-0.2, -0.15) is 0 Å². The lowest BCUT2D eigenvalue weighted by Crippen LogP contribution is -2.19. The molecule has 0 bridgehead atoms. The van der Waals surface area contributed by atoms with E-state index in [1.807, 2.05) is 30.3 Å². The van der Waals surface area contributed by atoms with Gasteiger partial charge in [-0.1, -0.05) is 24.6 Å². The Kier molecular flexibility index (Phi) is 3.46. The van der Waals surface area contributed by atoms with Crippen molar-refractivity contribution >= 4 is 29.0 Å². The Labute approximate surface area is 117 Å². The van der Waals surface area contributed by atoms with E-state index in [-0.39, 0.29) is 0 Å². The summed E-state index contributed by atoms with van der Waals surface area (Å²) in [5.41, 5.74) is 0.936. The average molecular weight is 273 g/mol. The molecule has 0 spiro atoms. The molecule has 2 aromatic rings. The second-order valence-electron chi connectivity index (χ2n) is 4.64. The highest BCUT2D eigenvalue weighted by Gasteiger charge is 2.23. The predicted molar refractivity (Wildman–Crippen MR) is 79.4 cm³/mol. The molecule has 2 N–H and O–H groups in total. The van der Waals surface area contributed by atoms with E-state index in [0.29, 0.717) is 17.0 Å². The summed E-state index contributed by atoms with van der Waals surface area (Å²) in [6, 6.07) is 10.2. The van der Waals surface area contributed by atoms with Crippen molar-refractivity contribution in [2.75, 3.05) is 10.6 Å². The topological polar surface area (TPSA) is 50.1 Å². The van der Waals surface area contributed by atoms with Crippen LogP contribution in [0.1, 0.15) is 30.9 Å². The molecule has 1 heterocycles. The fraction of sp³-hybridized carbons (Fsp3) is 0.286. The summed E-state index contributed by atoms with van der Waals surface area (Å²) in [4.78, 5) is 4.20. The SMILES string of the molecule is S=C(Nc1ccccc1)Nc1ncc(C2CCC2)o1. The number of hydrogen-bond donors (Lipinski definition) is 2. The van der Waals surface area contributed by atoms with Crippen LogP contribution in [0.25, 0.3) is 0 Å². The minimum absolute atomic E-state index is 0.454. The molecule has 0 atom stereocenters. The van der Waals surface area contributed by atoms with Gasteiger partial charge in [-0.05, 0) is 37.2 Å². The Hall–Kier alpha value is -1.88. The maximum absolute atomic E-state index is 5.65. The first-order chi connectivity index (χ1) is 9.31. The van der Waals surface area contributed by atoms with Gasteiger partial charge < -0.3 is 9.73 Å². The first-order valence-corrected chi connectivity index (χ1v) is 6.81. The zero-order chi connectivity index (χ0) is 13.1. The van der Waals surface area contributed by atoms with E-state index < -0.39 is 0 Å². The summed E-state index contributed by atoms with van der Waals surface area (Å²) in [6.45, 7) is 0. The standard InChI is InChI=1S/C14H15N3OS/c19-14(16-11-7-2-1-3-8-11)17-13-15-9-12(18-13)10-5-4-6-10/h1-3,7-10H,4-6H2,(H2,15,16,17,19). The molecule has 1 saturated carbocycles. The molecule has 5 heteroatoms. The van der Waals surface area contributed by atoms with Gasteiger partial charge >= 0.3 is 6.01 Å². The van der Waals surface area contributed by atoms with E-state index in [4.69, 9.17) is 16.6 Å². The molecule has 0 amide bonds. The molecule has 1 aliphatic carbocycles. The zero-order valence-corrected chi connectivity index (χ0v) is 11.2. The van der Waals surface area contributed by atoms with Gasteiger partial charge in [0.1, 0.15) is 5.76 Å². The minimum atomic E-state index is 0.454. The molecule has 3 rings (SSSR count). The normalized spacial score (nSPS) is 14.7. The highest BCUT2D eigenvalue weighted by molar-refractivity contribution is 7.80.